The zero-order valence-corrected chi connectivity index (χ0v) is 9.31. The number of aromatic nitrogens is 2. The molecule has 84 valence electrons. The molecule has 1 aromatic heterocycles. The van der Waals surface area contributed by atoms with E-state index in [1.165, 1.54) is 0 Å². The lowest BCUT2D eigenvalue weighted by atomic mass is 10.0. The summed E-state index contributed by atoms with van der Waals surface area (Å²) in [6.45, 7) is 1.73. The van der Waals surface area contributed by atoms with Crippen molar-refractivity contribution >= 4 is 0 Å². The summed E-state index contributed by atoms with van der Waals surface area (Å²) in [4.78, 5) is 4.13. The van der Waals surface area contributed by atoms with Gasteiger partial charge in [-0.2, -0.15) is 0 Å². The second-order valence-electron chi connectivity index (χ2n) is 3.85. The average molecular weight is 219 g/mol. The molecule has 0 amide bonds. The van der Waals surface area contributed by atoms with Crippen molar-refractivity contribution in [1.29, 1.82) is 0 Å². The van der Waals surface area contributed by atoms with Gasteiger partial charge in [-0.15, -0.1) is 0 Å². The summed E-state index contributed by atoms with van der Waals surface area (Å²) in [7, 11) is 1.84. The molecule has 1 heterocycles. The van der Waals surface area contributed by atoms with E-state index in [9.17, 15) is 4.39 Å². The molecule has 1 aromatic carbocycles. The van der Waals surface area contributed by atoms with Crippen molar-refractivity contribution in [2.75, 3.05) is 0 Å². The summed E-state index contributed by atoms with van der Waals surface area (Å²) in [5, 5.41) is 0. The van der Waals surface area contributed by atoms with Crippen LogP contribution in [-0.4, -0.2) is 9.55 Å². The standard InChI is InChI=1S/C12H14FN3/c1-8-4-3-5-9(10(8)13)11(14)12-15-6-7-16(12)2/h3-7,11H,14H2,1-2H3. The van der Waals surface area contributed by atoms with Crippen molar-refractivity contribution in [2.45, 2.75) is 13.0 Å². The first-order valence-corrected chi connectivity index (χ1v) is 5.09. The third-order valence-electron chi connectivity index (χ3n) is 2.69. The molecule has 0 aliphatic carbocycles. The summed E-state index contributed by atoms with van der Waals surface area (Å²) in [6.07, 6.45) is 3.45. The highest BCUT2D eigenvalue weighted by atomic mass is 19.1. The van der Waals surface area contributed by atoms with Crippen LogP contribution in [0.2, 0.25) is 0 Å². The number of aryl methyl sites for hydroxylation is 2. The average Bonchev–Trinajstić information content (AvgIpc) is 2.68. The fraction of sp³-hybridized carbons (Fsp3) is 0.250. The number of rotatable bonds is 2. The maximum atomic E-state index is 13.9. The van der Waals surface area contributed by atoms with E-state index in [1.54, 1.807) is 42.1 Å². The molecule has 16 heavy (non-hydrogen) atoms. The van der Waals surface area contributed by atoms with Gasteiger partial charge in [0.25, 0.3) is 0 Å². The highest BCUT2D eigenvalue weighted by molar-refractivity contribution is 5.30. The summed E-state index contributed by atoms with van der Waals surface area (Å²) in [5.74, 6) is 0.405. The van der Waals surface area contributed by atoms with Gasteiger partial charge in [0.2, 0.25) is 0 Å². The van der Waals surface area contributed by atoms with Crippen LogP contribution in [0.5, 0.6) is 0 Å². The highest BCUT2D eigenvalue weighted by Gasteiger charge is 2.17. The first-order valence-electron chi connectivity index (χ1n) is 5.09. The number of nitrogens with two attached hydrogens (primary N) is 1. The molecule has 0 bridgehead atoms. The Bertz CT molecular complexity index is 505. The maximum absolute atomic E-state index is 13.9. The first kappa shape index (κ1) is 10.8. The molecule has 0 aliphatic heterocycles. The largest absolute Gasteiger partial charge is 0.336 e. The molecule has 2 rings (SSSR count). The third kappa shape index (κ3) is 1.72. The molecule has 0 saturated heterocycles. The SMILES string of the molecule is Cc1cccc(C(N)c2nccn2C)c1F. The third-order valence-corrected chi connectivity index (χ3v) is 2.69. The van der Waals surface area contributed by atoms with E-state index in [-0.39, 0.29) is 5.82 Å². The number of halogens is 1. The van der Waals surface area contributed by atoms with E-state index in [0.29, 0.717) is 17.0 Å². The molecule has 0 spiro atoms. The van der Waals surface area contributed by atoms with Gasteiger partial charge in [0.05, 0.1) is 6.04 Å². The van der Waals surface area contributed by atoms with Crippen molar-refractivity contribution in [3.8, 4) is 0 Å². The van der Waals surface area contributed by atoms with Crippen LogP contribution in [0.25, 0.3) is 0 Å². The lowest BCUT2D eigenvalue weighted by molar-refractivity contribution is 0.580. The van der Waals surface area contributed by atoms with Gasteiger partial charge in [-0.1, -0.05) is 18.2 Å². The molecule has 4 heteroatoms. The van der Waals surface area contributed by atoms with Gasteiger partial charge in [-0.05, 0) is 12.5 Å². The second kappa shape index (κ2) is 4.06. The van der Waals surface area contributed by atoms with Crippen LogP contribution < -0.4 is 5.73 Å². The summed E-state index contributed by atoms with van der Waals surface area (Å²) in [6, 6.07) is 4.70. The van der Waals surface area contributed by atoms with Gasteiger partial charge in [0.15, 0.2) is 0 Å². The van der Waals surface area contributed by atoms with Crippen LogP contribution in [-0.2, 0) is 7.05 Å². The van der Waals surface area contributed by atoms with Crippen molar-refractivity contribution in [2.24, 2.45) is 12.8 Å². The minimum atomic E-state index is -0.528. The summed E-state index contributed by atoms with van der Waals surface area (Å²) >= 11 is 0. The van der Waals surface area contributed by atoms with Crippen LogP contribution in [0.1, 0.15) is 23.0 Å². The van der Waals surface area contributed by atoms with E-state index in [2.05, 4.69) is 4.98 Å². The number of benzene rings is 1. The number of hydrogen-bond acceptors (Lipinski definition) is 2. The molecule has 0 radical (unpaired) electrons. The highest BCUT2D eigenvalue weighted by Crippen LogP contribution is 2.22. The summed E-state index contributed by atoms with van der Waals surface area (Å²) in [5.41, 5.74) is 7.09. The first-order chi connectivity index (χ1) is 7.61. The van der Waals surface area contributed by atoms with E-state index < -0.39 is 6.04 Å². The number of imidazole rings is 1. The van der Waals surface area contributed by atoms with E-state index in [0.717, 1.165) is 0 Å². The molecular formula is C12H14FN3. The Labute approximate surface area is 93.7 Å². The Morgan fingerprint density at radius 3 is 2.81 bits per heavy atom. The predicted octanol–water partition coefficient (Wildman–Crippen LogP) is 1.92. The minimum absolute atomic E-state index is 0.252. The number of nitrogens with zero attached hydrogens (tertiary/aromatic N) is 2. The molecule has 0 fully saturated rings. The molecular weight excluding hydrogens is 205 g/mol. The van der Waals surface area contributed by atoms with E-state index in [4.69, 9.17) is 5.73 Å². The van der Waals surface area contributed by atoms with Crippen molar-refractivity contribution in [3.63, 3.8) is 0 Å². The van der Waals surface area contributed by atoms with Crippen molar-refractivity contribution in [3.05, 3.63) is 53.4 Å². The van der Waals surface area contributed by atoms with Gasteiger partial charge in [-0.3, -0.25) is 0 Å². The smallest absolute Gasteiger partial charge is 0.131 e. The van der Waals surface area contributed by atoms with Crippen LogP contribution >= 0.6 is 0 Å². The van der Waals surface area contributed by atoms with E-state index >= 15 is 0 Å². The fourth-order valence-corrected chi connectivity index (χ4v) is 1.73. The Balaban J connectivity index is 2.46. The Morgan fingerprint density at radius 2 is 2.19 bits per heavy atom. The summed E-state index contributed by atoms with van der Waals surface area (Å²) < 4.78 is 15.7. The van der Waals surface area contributed by atoms with Gasteiger partial charge in [0.1, 0.15) is 11.6 Å². The lowest BCUT2D eigenvalue weighted by Gasteiger charge is -2.13. The monoisotopic (exact) mass is 219 g/mol. The molecule has 0 saturated carbocycles. The minimum Gasteiger partial charge on any atom is -0.336 e. The Hall–Kier alpha value is -1.68. The Morgan fingerprint density at radius 1 is 1.44 bits per heavy atom. The number of hydrogen-bond donors (Lipinski definition) is 1. The van der Waals surface area contributed by atoms with Crippen molar-refractivity contribution < 1.29 is 4.39 Å². The lowest BCUT2D eigenvalue weighted by Crippen LogP contribution is -2.18. The molecule has 1 atom stereocenters. The topological polar surface area (TPSA) is 43.8 Å². The quantitative estimate of drug-likeness (QED) is 0.838. The predicted molar refractivity (Wildman–Crippen MR) is 60.4 cm³/mol. The fourth-order valence-electron chi connectivity index (χ4n) is 1.73. The zero-order chi connectivity index (χ0) is 11.7. The maximum Gasteiger partial charge on any atom is 0.131 e. The van der Waals surface area contributed by atoms with Gasteiger partial charge >= 0.3 is 0 Å². The van der Waals surface area contributed by atoms with E-state index in [1.807, 2.05) is 7.05 Å². The van der Waals surface area contributed by atoms with Crippen molar-refractivity contribution in [1.82, 2.24) is 9.55 Å². The van der Waals surface area contributed by atoms with Crippen LogP contribution in [0.4, 0.5) is 4.39 Å². The molecule has 0 aliphatic rings. The normalized spacial score (nSPS) is 12.8. The Kier molecular flexibility index (Phi) is 2.75. The van der Waals surface area contributed by atoms with Gasteiger partial charge in [0, 0.05) is 25.0 Å². The zero-order valence-electron chi connectivity index (χ0n) is 9.31. The van der Waals surface area contributed by atoms with Gasteiger partial charge in [-0.25, -0.2) is 9.37 Å². The molecule has 2 N–H and O–H groups in total. The molecule has 1 unspecified atom stereocenters. The van der Waals surface area contributed by atoms with Gasteiger partial charge < -0.3 is 10.3 Å². The molecule has 3 nitrogen and oxygen atoms in total. The second-order valence-corrected chi connectivity index (χ2v) is 3.85. The van der Waals surface area contributed by atoms with Crippen LogP contribution in [0, 0.1) is 12.7 Å². The van der Waals surface area contributed by atoms with Crippen LogP contribution in [0.15, 0.2) is 30.6 Å². The van der Waals surface area contributed by atoms with Crippen LogP contribution in [0.3, 0.4) is 0 Å². The molecule has 2 aromatic rings.